The molecule has 1 amide bonds. The average molecular weight is 222 g/mol. The van der Waals surface area contributed by atoms with E-state index in [1.54, 1.807) is 0 Å². The fourth-order valence-electron chi connectivity index (χ4n) is 0.953. The van der Waals surface area contributed by atoms with Gasteiger partial charge in [0.15, 0.2) is 0 Å². The third-order valence-corrected chi connectivity index (χ3v) is 1.69. The van der Waals surface area contributed by atoms with Gasteiger partial charge in [0.25, 0.3) is 11.5 Å². The van der Waals surface area contributed by atoms with E-state index in [4.69, 9.17) is 5.53 Å². The van der Waals surface area contributed by atoms with Crippen molar-refractivity contribution in [3.8, 4) is 0 Å². The highest BCUT2D eigenvalue weighted by Gasteiger charge is 2.05. The molecular weight excluding hydrogens is 212 g/mol. The number of aromatic amines is 1. The van der Waals surface area contributed by atoms with Gasteiger partial charge in [0.2, 0.25) is 0 Å². The normalized spacial score (nSPS) is 9.25. The highest BCUT2D eigenvalue weighted by atomic mass is 16.2. The number of H-pyrrole nitrogens is 1. The number of carbonyl (C=O) groups is 1. The van der Waals surface area contributed by atoms with E-state index in [0.717, 1.165) is 6.20 Å². The Kier molecular flexibility index (Phi) is 4.55. The highest BCUT2D eigenvalue weighted by Crippen LogP contribution is 1.88. The van der Waals surface area contributed by atoms with Crippen molar-refractivity contribution in [2.45, 2.75) is 6.42 Å². The third-order valence-electron chi connectivity index (χ3n) is 1.69. The van der Waals surface area contributed by atoms with Crippen molar-refractivity contribution in [2.24, 2.45) is 5.11 Å². The lowest BCUT2D eigenvalue weighted by Gasteiger charge is -2.01. The van der Waals surface area contributed by atoms with E-state index in [0.29, 0.717) is 19.5 Å². The van der Waals surface area contributed by atoms with E-state index >= 15 is 0 Å². The first kappa shape index (κ1) is 11.7. The molecule has 0 radical (unpaired) electrons. The molecular formula is C8H10N6O2. The molecule has 8 nitrogen and oxygen atoms in total. The predicted molar refractivity (Wildman–Crippen MR) is 55.8 cm³/mol. The van der Waals surface area contributed by atoms with Crippen molar-refractivity contribution < 1.29 is 4.79 Å². The fourth-order valence-corrected chi connectivity index (χ4v) is 0.953. The number of carbonyl (C=O) groups excluding carboxylic acids is 1. The lowest BCUT2D eigenvalue weighted by molar-refractivity contribution is 0.0948. The number of aromatic nitrogens is 2. The van der Waals surface area contributed by atoms with Crippen LogP contribution in [0.2, 0.25) is 0 Å². The molecule has 0 aromatic carbocycles. The van der Waals surface area contributed by atoms with E-state index in [-0.39, 0.29) is 17.2 Å². The van der Waals surface area contributed by atoms with Crippen molar-refractivity contribution in [3.63, 3.8) is 0 Å². The number of rotatable bonds is 5. The minimum absolute atomic E-state index is 0.142. The summed E-state index contributed by atoms with van der Waals surface area (Å²) in [5, 5.41) is 5.89. The molecule has 1 aromatic rings. The molecule has 0 aliphatic carbocycles. The van der Waals surface area contributed by atoms with E-state index in [2.05, 4.69) is 25.3 Å². The number of azide groups is 1. The molecule has 0 saturated carbocycles. The standard InChI is InChI=1S/C8H10N6O2/c9-14-13-3-1-2-10-8(16)6-4-12-7(15)5-11-6/h4-5H,1-3H2,(H,10,16)(H,12,15). The van der Waals surface area contributed by atoms with Crippen molar-refractivity contribution in [3.05, 3.63) is 38.9 Å². The maximum absolute atomic E-state index is 11.4. The molecule has 0 spiro atoms. The summed E-state index contributed by atoms with van der Waals surface area (Å²) >= 11 is 0. The lowest BCUT2D eigenvalue weighted by Crippen LogP contribution is -2.26. The van der Waals surface area contributed by atoms with E-state index < -0.39 is 0 Å². The monoisotopic (exact) mass is 222 g/mol. The first-order valence-corrected chi connectivity index (χ1v) is 4.58. The smallest absolute Gasteiger partial charge is 0.271 e. The van der Waals surface area contributed by atoms with Crippen LogP contribution in [-0.2, 0) is 0 Å². The summed E-state index contributed by atoms with van der Waals surface area (Å²) < 4.78 is 0. The third kappa shape index (κ3) is 3.81. The minimum Gasteiger partial charge on any atom is -0.351 e. The van der Waals surface area contributed by atoms with Gasteiger partial charge in [-0.05, 0) is 12.0 Å². The molecule has 0 atom stereocenters. The van der Waals surface area contributed by atoms with Crippen molar-refractivity contribution in [2.75, 3.05) is 13.1 Å². The zero-order valence-corrected chi connectivity index (χ0v) is 8.38. The van der Waals surface area contributed by atoms with E-state index in [1.807, 2.05) is 0 Å². The van der Waals surface area contributed by atoms with Crippen molar-refractivity contribution in [1.29, 1.82) is 0 Å². The Morgan fingerprint density at radius 3 is 3.12 bits per heavy atom. The van der Waals surface area contributed by atoms with Gasteiger partial charge in [-0.3, -0.25) is 9.59 Å². The Morgan fingerprint density at radius 2 is 2.50 bits per heavy atom. The van der Waals surface area contributed by atoms with Gasteiger partial charge >= 0.3 is 0 Å². The second-order valence-electron chi connectivity index (χ2n) is 2.86. The first-order valence-electron chi connectivity index (χ1n) is 4.58. The summed E-state index contributed by atoms with van der Waals surface area (Å²) in [5.74, 6) is -0.378. The van der Waals surface area contributed by atoms with Crippen molar-refractivity contribution >= 4 is 5.91 Å². The van der Waals surface area contributed by atoms with Crippen LogP contribution in [0.3, 0.4) is 0 Å². The highest BCUT2D eigenvalue weighted by molar-refractivity contribution is 5.91. The van der Waals surface area contributed by atoms with Gasteiger partial charge in [-0.2, -0.15) is 0 Å². The Morgan fingerprint density at radius 1 is 1.69 bits per heavy atom. The van der Waals surface area contributed by atoms with Gasteiger partial charge < -0.3 is 10.3 Å². The molecule has 0 unspecified atom stereocenters. The molecule has 0 saturated heterocycles. The number of nitrogens with one attached hydrogen (secondary N) is 2. The Balaban J connectivity index is 2.38. The number of amides is 1. The van der Waals surface area contributed by atoms with E-state index in [9.17, 15) is 9.59 Å². The summed E-state index contributed by atoms with van der Waals surface area (Å²) in [6.45, 7) is 0.717. The van der Waals surface area contributed by atoms with Crippen LogP contribution >= 0.6 is 0 Å². The first-order chi connectivity index (χ1) is 7.74. The molecule has 2 N–H and O–H groups in total. The van der Waals surface area contributed by atoms with E-state index in [1.165, 1.54) is 6.20 Å². The number of nitrogens with zero attached hydrogens (tertiary/aromatic N) is 4. The molecule has 16 heavy (non-hydrogen) atoms. The lowest BCUT2D eigenvalue weighted by atomic mass is 10.4. The fraction of sp³-hybridized carbons (Fsp3) is 0.375. The Bertz CT molecular complexity index is 441. The molecule has 1 rings (SSSR count). The summed E-state index contributed by atoms with van der Waals surface area (Å²) in [6, 6.07) is 0. The second kappa shape index (κ2) is 6.20. The van der Waals surface area contributed by atoms with Crippen LogP contribution in [0.15, 0.2) is 22.3 Å². The quantitative estimate of drug-likeness (QED) is 0.320. The van der Waals surface area contributed by atoms with Crippen LogP contribution in [-0.4, -0.2) is 29.0 Å². The van der Waals surface area contributed by atoms with Crippen LogP contribution in [0.4, 0.5) is 0 Å². The number of hydrogen-bond acceptors (Lipinski definition) is 4. The van der Waals surface area contributed by atoms with Crippen molar-refractivity contribution in [1.82, 2.24) is 15.3 Å². The Labute approximate surface area is 90.3 Å². The average Bonchev–Trinajstić information content (AvgIpc) is 2.29. The maximum Gasteiger partial charge on any atom is 0.271 e. The van der Waals surface area contributed by atoms with Gasteiger partial charge in [-0.25, -0.2) is 4.98 Å². The zero-order chi connectivity index (χ0) is 11.8. The molecule has 1 heterocycles. The van der Waals surface area contributed by atoms with Crippen LogP contribution in [0.25, 0.3) is 10.4 Å². The number of hydrogen-bond donors (Lipinski definition) is 2. The van der Waals surface area contributed by atoms with Crippen LogP contribution in [0, 0.1) is 0 Å². The van der Waals surface area contributed by atoms with Crippen LogP contribution < -0.4 is 10.9 Å². The summed E-state index contributed by atoms with van der Waals surface area (Å²) in [5.41, 5.74) is 7.79. The van der Waals surface area contributed by atoms with Gasteiger partial charge in [-0.1, -0.05) is 5.11 Å². The maximum atomic E-state index is 11.4. The van der Waals surface area contributed by atoms with Crippen LogP contribution in [0.1, 0.15) is 16.9 Å². The molecule has 1 aromatic heterocycles. The van der Waals surface area contributed by atoms with Gasteiger partial charge in [0, 0.05) is 24.2 Å². The van der Waals surface area contributed by atoms with Crippen LogP contribution in [0.5, 0.6) is 0 Å². The molecule has 0 aliphatic rings. The molecule has 8 heteroatoms. The molecule has 0 aliphatic heterocycles. The van der Waals surface area contributed by atoms with Gasteiger partial charge in [0.05, 0.1) is 6.20 Å². The predicted octanol–water partition coefficient (Wildman–Crippen LogP) is 0.200. The topological polar surface area (TPSA) is 124 Å². The molecule has 84 valence electrons. The second-order valence-corrected chi connectivity index (χ2v) is 2.86. The SMILES string of the molecule is [N-]=[N+]=NCCCNC(=O)c1c[nH]c(=O)cn1. The zero-order valence-electron chi connectivity index (χ0n) is 8.38. The molecule has 0 bridgehead atoms. The molecule has 0 fully saturated rings. The van der Waals surface area contributed by atoms with Gasteiger partial charge in [-0.15, -0.1) is 0 Å². The Hall–Kier alpha value is -2.34. The summed E-state index contributed by atoms with van der Waals surface area (Å²) in [4.78, 5) is 30.7. The van der Waals surface area contributed by atoms with Gasteiger partial charge in [0.1, 0.15) is 5.69 Å². The summed E-state index contributed by atoms with van der Waals surface area (Å²) in [7, 11) is 0. The largest absolute Gasteiger partial charge is 0.351 e. The summed E-state index contributed by atoms with van der Waals surface area (Å²) in [6.07, 6.45) is 2.83. The minimum atomic E-state index is -0.378.